The molecular formula is C12H13F2N5O2. The van der Waals surface area contributed by atoms with Crippen molar-refractivity contribution < 1.29 is 18.3 Å². The molecule has 1 N–H and O–H groups in total. The number of halogens is 2. The number of nitrogens with zero attached hydrogens (tertiary/aromatic N) is 4. The largest absolute Gasteiger partial charge is 0.435 e. The molecule has 0 bridgehead atoms. The van der Waals surface area contributed by atoms with Crippen molar-refractivity contribution >= 4 is 5.91 Å². The van der Waals surface area contributed by atoms with Crippen LogP contribution >= 0.6 is 0 Å². The third kappa shape index (κ3) is 4.48. The second kappa shape index (κ2) is 6.73. The van der Waals surface area contributed by atoms with Crippen molar-refractivity contribution in [3.05, 3.63) is 36.2 Å². The van der Waals surface area contributed by atoms with E-state index in [2.05, 4.69) is 25.6 Å². The van der Waals surface area contributed by atoms with Gasteiger partial charge in [0.05, 0.1) is 6.04 Å². The second-order valence-corrected chi connectivity index (χ2v) is 4.24. The van der Waals surface area contributed by atoms with E-state index < -0.39 is 6.61 Å². The van der Waals surface area contributed by atoms with Crippen LogP contribution in [0.4, 0.5) is 8.78 Å². The standard InChI is InChI=1S/C12H13F2N5O2/c1-8(16-11(20)6-19-7-15-17-18-19)9-2-4-10(5-3-9)21-12(13)14/h2-5,7-8,12H,6H2,1H3,(H,16,20). The highest BCUT2D eigenvalue weighted by molar-refractivity contribution is 5.76. The van der Waals surface area contributed by atoms with E-state index in [0.717, 1.165) is 5.56 Å². The Morgan fingerprint density at radius 2 is 2.10 bits per heavy atom. The lowest BCUT2D eigenvalue weighted by Gasteiger charge is -2.14. The minimum atomic E-state index is -2.86. The summed E-state index contributed by atoms with van der Waals surface area (Å²) in [6.45, 7) is -1.08. The molecule has 21 heavy (non-hydrogen) atoms. The second-order valence-electron chi connectivity index (χ2n) is 4.24. The SMILES string of the molecule is CC(NC(=O)Cn1cnnn1)c1ccc(OC(F)F)cc1. The zero-order valence-electron chi connectivity index (χ0n) is 11.1. The lowest BCUT2D eigenvalue weighted by atomic mass is 10.1. The fourth-order valence-electron chi connectivity index (χ4n) is 1.71. The number of ether oxygens (including phenoxy) is 1. The van der Waals surface area contributed by atoms with Gasteiger partial charge in [-0.3, -0.25) is 4.79 Å². The number of benzene rings is 1. The lowest BCUT2D eigenvalue weighted by Crippen LogP contribution is -2.30. The summed E-state index contributed by atoms with van der Waals surface area (Å²) in [7, 11) is 0. The first kappa shape index (κ1) is 14.8. The van der Waals surface area contributed by atoms with Gasteiger partial charge >= 0.3 is 6.61 Å². The number of hydrogen-bond donors (Lipinski definition) is 1. The van der Waals surface area contributed by atoms with Gasteiger partial charge in [-0.05, 0) is 35.0 Å². The molecule has 0 spiro atoms. The fraction of sp³-hybridized carbons (Fsp3) is 0.333. The van der Waals surface area contributed by atoms with Crippen LogP contribution in [0.3, 0.4) is 0 Å². The van der Waals surface area contributed by atoms with E-state index in [0.29, 0.717) is 0 Å². The molecule has 0 saturated heterocycles. The number of nitrogens with one attached hydrogen (secondary N) is 1. The van der Waals surface area contributed by atoms with E-state index >= 15 is 0 Å². The predicted octanol–water partition coefficient (Wildman–Crippen LogP) is 1.15. The zero-order valence-corrected chi connectivity index (χ0v) is 11.1. The normalized spacial score (nSPS) is 12.2. The molecule has 0 radical (unpaired) electrons. The van der Waals surface area contributed by atoms with Gasteiger partial charge in [-0.25, -0.2) is 4.68 Å². The van der Waals surface area contributed by atoms with E-state index in [9.17, 15) is 13.6 Å². The molecule has 0 aliphatic heterocycles. The number of carbonyl (C=O) groups excluding carboxylic acids is 1. The van der Waals surface area contributed by atoms with Crippen molar-refractivity contribution in [3.8, 4) is 5.75 Å². The quantitative estimate of drug-likeness (QED) is 0.865. The van der Waals surface area contributed by atoms with Crippen molar-refractivity contribution in [2.45, 2.75) is 26.1 Å². The van der Waals surface area contributed by atoms with Crippen LogP contribution in [-0.4, -0.2) is 32.7 Å². The minimum absolute atomic E-state index is 0.00389. The topological polar surface area (TPSA) is 81.9 Å². The maximum absolute atomic E-state index is 12.0. The van der Waals surface area contributed by atoms with E-state index in [4.69, 9.17) is 0 Å². The monoisotopic (exact) mass is 297 g/mol. The highest BCUT2D eigenvalue weighted by Crippen LogP contribution is 2.19. The van der Waals surface area contributed by atoms with E-state index in [1.54, 1.807) is 19.1 Å². The van der Waals surface area contributed by atoms with Crippen LogP contribution < -0.4 is 10.1 Å². The first-order valence-electron chi connectivity index (χ1n) is 6.09. The van der Waals surface area contributed by atoms with Crippen LogP contribution in [-0.2, 0) is 11.3 Å². The van der Waals surface area contributed by atoms with Gasteiger partial charge in [0.2, 0.25) is 5.91 Å². The maximum atomic E-state index is 12.0. The van der Waals surface area contributed by atoms with Crippen LogP contribution in [0.1, 0.15) is 18.5 Å². The van der Waals surface area contributed by atoms with Gasteiger partial charge in [-0.15, -0.1) is 5.10 Å². The molecule has 2 aromatic rings. The zero-order chi connectivity index (χ0) is 15.2. The molecule has 9 heteroatoms. The molecule has 2 rings (SSSR count). The summed E-state index contributed by atoms with van der Waals surface area (Å²) in [5, 5.41) is 13.2. The molecule has 1 aromatic heterocycles. The van der Waals surface area contributed by atoms with Gasteiger partial charge in [-0.1, -0.05) is 12.1 Å². The van der Waals surface area contributed by atoms with Crippen LogP contribution in [0.2, 0.25) is 0 Å². The van der Waals surface area contributed by atoms with E-state index in [1.807, 2.05) is 0 Å². The van der Waals surface area contributed by atoms with Crippen LogP contribution in [0, 0.1) is 0 Å². The number of rotatable bonds is 6. The van der Waals surface area contributed by atoms with Gasteiger partial charge in [0.25, 0.3) is 0 Å². The molecule has 0 saturated carbocycles. The Morgan fingerprint density at radius 3 is 2.67 bits per heavy atom. The molecule has 1 atom stereocenters. The van der Waals surface area contributed by atoms with Gasteiger partial charge in [0, 0.05) is 0 Å². The summed E-state index contributed by atoms with van der Waals surface area (Å²) in [6.07, 6.45) is 1.33. The molecule has 7 nitrogen and oxygen atoms in total. The third-order valence-electron chi connectivity index (χ3n) is 2.68. The highest BCUT2D eigenvalue weighted by atomic mass is 19.3. The first-order valence-corrected chi connectivity index (χ1v) is 6.09. The Morgan fingerprint density at radius 1 is 1.38 bits per heavy atom. The molecular weight excluding hydrogens is 284 g/mol. The summed E-state index contributed by atoms with van der Waals surface area (Å²) < 4.78 is 29.6. The van der Waals surface area contributed by atoms with E-state index in [1.165, 1.54) is 23.1 Å². The number of aromatic nitrogens is 4. The van der Waals surface area contributed by atoms with Crippen LogP contribution in [0.15, 0.2) is 30.6 Å². The van der Waals surface area contributed by atoms with Crippen molar-refractivity contribution in [2.24, 2.45) is 0 Å². The third-order valence-corrected chi connectivity index (χ3v) is 2.68. The van der Waals surface area contributed by atoms with Gasteiger partial charge in [0.15, 0.2) is 0 Å². The average Bonchev–Trinajstić information content (AvgIpc) is 2.91. The predicted molar refractivity (Wildman–Crippen MR) is 67.4 cm³/mol. The number of carbonyl (C=O) groups is 1. The Hall–Kier alpha value is -2.58. The van der Waals surface area contributed by atoms with Gasteiger partial charge < -0.3 is 10.1 Å². The molecule has 1 aromatic carbocycles. The van der Waals surface area contributed by atoms with Crippen LogP contribution in [0.5, 0.6) is 5.75 Å². The summed E-state index contributed by atoms with van der Waals surface area (Å²) in [4.78, 5) is 11.8. The van der Waals surface area contributed by atoms with Crippen molar-refractivity contribution in [1.82, 2.24) is 25.5 Å². The van der Waals surface area contributed by atoms with Crippen molar-refractivity contribution in [3.63, 3.8) is 0 Å². The lowest BCUT2D eigenvalue weighted by molar-refractivity contribution is -0.122. The summed E-state index contributed by atoms with van der Waals surface area (Å²) in [5.41, 5.74) is 0.765. The number of amides is 1. The molecule has 112 valence electrons. The molecule has 0 fully saturated rings. The van der Waals surface area contributed by atoms with E-state index in [-0.39, 0.29) is 24.2 Å². The Bertz CT molecular complexity index is 574. The summed E-state index contributed by atoms with van der Waals surface area (Å²) in [6, 6.07) is 5.78. The molecule has 0 aliphatic carbocycles. The number of hydrogen-bond acceptors (Lipinski definition) is 5. The van der Waals surface area contributed by atoms with Gasteiger partial charge in [-0.2, -0.15) is 8.78 Å². The first-order chi connectivity index (χ1) is 10.0. The minimum Gasteiger partial charge on any atom is -0.435 e. The van der Waals surface area contributed by atoms with Crippen molar-refractivity contribution in [2.75, 3.05) is 0 Å². The maximum Gasteiger partial charge on any atom is 0.387 e. The van der Waals surface area contributed by atoms with Crippen LogP contribution in [0.25, 0.3) is 0 Å². The Labute approximate surface area is 118 Å². The average molecular weight is 297 g/mol. The fourth-order valence-corrected chi connectivity index (χ4v) is 1.71. The number of alkyl halides is 2. The number of tetrazole rings is 1. The molecule has 0 aliphatic rings. The van der Waals surface area contributed by atoms with Gasteiger partial charge in [0.1, 0.15) is 18.6 Å². The van der Waals surface area contributed by atoms with Crippen molar-refractivity contribution in [1.29, 1.82) is 0 Å². The Balaban J connectivity index is 1.90. The molecule has 1 heterocycles. The molecule has 1 unspecified atom stereocenters. The highest BCUT2D eigenvalue weighted by Gasteiger charge is 2.11. The summed E-state index contributed by atoms with van der Waals surface area (Å²) in [5.74, 6) is -0.191. The summed E-state index contributed by atoms with van der Waals surface area (Å²) >= 11 is 0. The smallest absolute Gasteiger partial charge is 0.387 e. The molecule has 1 amide bonds. The Kier molecular flexibility index (Phi) is 4.75.